The smallest absolute Gasteiger partial charge is 0.326 e. The summed E-state index contributed by atoms with van der Waals surface area (Å²) in [4.78, 5) is 103. The highest BCUT2D eigenvalue weighted by Gasteiger charge is 2.40. The van der Waals surface area contributed by atoms with E-state index in [1.807, 2.05) is 0 Å². The number of carbonyl (C=O) groups is 8. The van der Waals surface area contributed by atoms with Gasteiger partial charge in [0, 0.05) is 13.0 Å². The number of rotatable bonds is 22. The summed E-state index contributed by atoms with van der Waals surface area (Å²) >= 11 is 0. The fourth-order valence-corrected chi connectivity index (χ4v) is 5.44. The molecule has 0 unspecified atom stereocenters. The Bertz CT molecular complexity index is 1280. The zero-order valence-corrected chi connectivity index (χ0v) is 30.2. The van der Waals surface area contributed by atoms with E-state index in [1.165, 1.54) is 6.92 Å². The van der Waals surface area contributed by atoms with Gasteiger partial charge in [0.2, 0.25) is 35.4 Å². The second-order valence-corrected chi connectivity index (χ2v) is 13.7. The van der Waals surface area contributed by atoms with Crippen molar-refractivity contribution < 1.29 is 63.9 Å². The average molecular weight is 746 g/mol. The van der Waals surface area contributed by atoms with E-state index in [2.05, 4.69) is 26.6 Å². The summed E-state index contributed by atoms with van der Waals surface area (Å²) in [7, 11) is 0. The van der Waals surface area contributed by atoms with Gasteiger partial charge in [-0.1, -0.05) is 27.7 Å². The minimum Gasteiger partial charge on any atom is -0.481 e. The van der Waals surface area contributed by atoms with Crippen molar-refractivity contribution in [1.29, 1.82) is 0 Å². The number of nitrogens with two attached hydrogens (primary N) is 1. The van der Waals surface area contributed by atoms with E-state index >= 15 is 0 Å². The number of hydrogen-bond acceptors (Lipinski definition) is 12. The van der Waals surface area contributed by atoms with Crippen LogP contribution in [0.4, 0.5) is 0 Å². The summed E-state index contributed by atoms with van der Waals surface area (Å²) < 4.78 is 0. The van der Waals surface area contributed by atoms with Crippen LogP contribution in [0.3, 0.4) is 0 Å². The van der Waals surface area contributed by atoms with Crippen LogP contribution in [-0.2, 0) is 38.4 Å². The fraction of sp³-hybridized carbons (Fsp3) is 0.750. The number of likely N-dealkylation sites (tertiary alicyclic amines) is 1. The Kier molecular flexibility index (Phi) is 19.2. The molecule has 0 aromatic rings. The number of aliphatic hydroxyl groups excluding tert-OH is 3. The van der Waals surface area contributed by atoms with Gasteiger partial charge in [-0.3, -0.25) is 33.6 Å². The maximum absolute atomic E-state index is 13.8. The Hall–Kier alpha value is -4.40. The van der Waals surface area contributed by atoms with Crippen LogP contribution in [0.25, 0.3) is 0 Å². The lowest BCUT2D eigenvalue weighted by Gasteiger charge is -2.31. The normalized spacial score (nSPS) is 18.3. The van der Waals surface area contributed by atoms with Gasteiger partial charge >= 0.3 is 11.9 Å². The molecule has 20 nitrogen and oxygen atoms in total. The van der Waals surface area contributed by atoms with Gasteiger partial charge in [-0.2, -0.15) is 0 Å². The summed E-state index contributed by atoms with van der Waals surface area (Å²) in [5, 5.41) is 59.9. The molecule has 20 heteroatoms. The molecule has 6 amide bonds. The van der Waals surface area contributed by atoms with E-state index in [4.69, 9.17) is 5.73 Å². The molecule has 0 bridgehead atoms. The number of carboxylic acids is 2. The molecule has 0 aromatic heterocycles. The molecule has 52 heavy (non-hydrogen) atoms. The zero-order chi connectivity index (χ0) is 39.9. The van der Waals surface area contributed by atoms with Crippen LogP contribution < -0.4 is 32.3 Å². The van der Waals surface area contributed by atoms with Gasteiger partial charge in [0.1, 0.15) is 42.3 Å². The van der Waals surface area contributed by atoms with Crippen LogP contribution >= 0.6 is 0 Å². The van der Waals surface area contributed by atoms with Crippen molar-refractivity contribution in [2.24, 2.45) is 17.6 Å². The van der Waals surface area contributed by atoms with Crippen LogP contribution in [0.5, 0.6) is 0 Å². The monoisotopic (exact) mass is 745 g/mol. The maximum atomic E-state index is 13.8. The number of aliphatic carboxylic acids is 2. The Labute approximate surface area is 301 Å². The van der Waals surface area contributed by atoms with Crippen molar-refractivity contribution in [3.63, 3.8) is 0 Å². The lowest BCUT2D eigenvalue weighted by atomic mass is 10.0. The standard InChI is InChI=1S/C32H55N7O13/c1-15(2)11-20(35-26(45)18(33)13-40)27(46)38-25(17(5)42)30(49)34-19(8-9-24(43)44)31(50)39-10-6-7-23(39)29(48)37-22(14-41)28(47)36-21(32(51)52)12-16(3)4/h15-23,25,40-42H,6-14,33H2,1-5H3,(H,34,49)(H,35,45)(H,36,47)(H,37,48)(H,38,46)(H,43,44)(H,51,52)/t17-,18+,19+,20+,21+,22+,23+,25+/m1/s1. The predicted molar refractivity (Wildman–Crippen MR) is 182 cm³/mol. The van der Waals surface area contributed by atoms with E-state index in [-0.39, 0.29) is 37.6 Å². The molecular formula is C32H55N7O13. The number of hydrogen-bond donors (Lipinski definition) is 11. The molecular weight excluding hydrogens is 690 g/mol. The largest absolute Gasteiger partial charge is 0.481 e. The van der Waals surface area contributed by atoms with Crippen LogP contribution in [0.1, 0.15) is 73.1 Å². The van der Waals surface area contributed by atoms with E-state index in [0.717, 1.165) is 4.90 Å². The first-order valence-electron chi connectivity index (χ1n) is 17.2. The SMILES string of the molecule is CC(C)C[C@H](NC(=O)[C@H](CO)NC(=O)[C@@H]1CCCN1C(=O)[C@H](CCC(=O)O)NC(=O)[C@@H](NC(=O)[C@H](CC(C)C)NC(=O)[C@@H](N)CO)[C@@H](C)O)C(=O)O. The highest BCUT2D eigenvalue weighted by Crippen LogP contribution is 2.20. The summed E-state index contributed by atoms with van der Waals surface area (Å²) in [6.45, 7) is 6.56. The Morgan fingerprint density at radius 2 is 1.25 bits per heavy atom. The molecule has 12 N–H and O–H groups in total. The van der Waals surface area contributed by atoms with Crippen LogP contribution in [0, 0.1) is 11.8 Å². The molecule has 1 rings (SSSR count). The molecule has 1 fully saturated rings. The lowest BCUT2D eigenvalue weighted by molar-refractivity contribution is -0.145. The second kappa shape index (κ2) is 21.8. The first-order valence-corrected chi connectivity index (χ1v) is 17.2. The quantitative estimate of drug-likeness (QED) is 0.0506. The van der Waals surface area contributed by atoms with Crippen molar-refractivity contribution in [1.82, 2.24) is 31.5 Å². The van der Waals surface area contributed by atoms with Gasteiger partial charge in [-0.25, -0.2) is 4.79 Å². The first kappa shape index (κ1) is 45.6. The van der Waals surface area contributed by atoms with Crippen LogP contribution in [0.15, 0.2) is 0 Å². The summed E-state index contributed by atoms with van der Waals surface area (Å²) in [5.41, 5.74) is 5.54. The minimum absolute atomic E-state index is 0.00898. The van der Waals surface area contributed by atoms with Crippen molar-refractivity contribution >= 4 is 47.4 Å². The molecule has 1 aliphatic rings. The molecule has 0 saturated carbocycles. The molecule has 1 heterocycles. The minimum atomic E-state index is -1.70. The molecule has 0 spiro atoms. The second-order valence-electron chi connectivity index (χ2n) is 13.7. The fourth-order valence-electron chi connectivity index (χ4n) is 5.44. The van der Waals surface area contributed by atoms with Crippen molar-refractivity contribution in [2.75, 3.05) is 19.8 Å². The van der Waals surface area contributed by atoms with Crippen molar-refractivity contribution in [3.05, 3.63) is 0 Å². The molecule has 8 atom stereocenters. The molecule has 0 aromatic carbocycles. The predicted octanol–water partition coefficient (Wildman–Crippen LogP) is -3.86. The molecule has 1 saturated heterocycles. The van der Waals surface area contributed by atoms with Crippen LogP contribution in [0.2, 0.25) is 0 Å². The van der Waals surface area contributed by atoms with E-state index < -0.39 is 122 Å². The first-order chi connectivity index (χ1) is 24.2. The highest BCUT2D eigenvalue weighted by atomic mass is 16.4. The Morgan fingerprint density at radius 1 is 0.712 bits per heavy atom. The number of carbonyl (C=O) groups excluding carboxylic acids is 6. The number of amides is 6. The highest BCUT2D eigenvalue weighted by molar-refractivity contribution is 5.97. The van der Waals surface area contributed by atoms with Crippen molar-refractivity contribution in [2.45, 2.75) is 122 Å². The van der Waals surface area contributed by atoms with Gasteiger partial charge in [-0.15, -0.1) is 0 Å². The van der Waals surface area contributed by atoms with E-state index in [9.17, 15) is 63.9 Å². The lowest BCUT2D eigenvalue weighted by Crippen LogP contribution is -2.61. The topological polar surface area (TPSA) is 327 Å². The van der Waals surface area contributed by atoms with Gasteiger partial charge in [0.15, 0.2) is 0 Å². The van der Waals surface area contributed by atoms with E-state index in [0.29, 0.717) is 6.42 Å². The molecule has 0 radical (unpaired) electrons. The molecule has 296 valence electrons. The molecule has 0 aliphatic carbocycles. The number of aliphatic hydroxyl groups is 3. The maximum Gasteiger partial charge on any atom is 0.326 e. The number of nitrogens with one attached hydrogen (secondary N) is 5. The third-order valence-corrected chi connectivity index (χ3v) is 8.17. The van der Waals surface area contributed by atoms with E-state index in [1.54, 1.807) is 27.7 Å². The Balaban J connectivity index is 3.21. The summed E-state index contributed by atoms with van der Waals surface area (Å²) in [5.74, 6) is -8.40. The van der Waals surface area contributed by atoms with Gasteiger partial charge < -0.3 is 62.8 Å². The third-order valence-electron chi connectivity index (χ3n) is 8.17. The van der Waals surface area contributed by atoms with Crippen molar-refractivity contribution in [3.8, 4) is 0 Å². The average Bonchev–Trinajstić information content (AvgIpc) is 3.55. The van der Waals surface area contributed by atoms with Gasteiger partial charge in [-0.05, 0) is 50.9 Å². The van der Waals surface area contributed by atoms with Gasteiger partial charge in [0.05, 0.1) is 19.3 Å². The number of nitrogens with zero attached hydrogens (tertiary/aromatic N) is 1. The third kappa shape index (κ3) is 14.7. The number of carboxylic acid groups (broad SMARTS) is 2. The Morgan fingerprint density at radius 3 is 1.75 bits per heavy atom. The van der Waals surface area contributed by atoms with Gasteiger partial charge in [0.25, 0.3) is 0 Å². The summed E-state index contributed by atoms with van der Waals surface area (Å²) in [6, 6.07) is -9.90. The molecule has 1 aliphatic heterocycles. The van der Waals surface area contributed by atoms with Crippen LogP contribution in [-0.4, -0.2) is 146 Å². The zero-order valence-electron chi connectivity index (χ0n) is 30.2. The summed E-state index contributed by atoms with van der Waals surface area (Å²) in [6.07, 6.45) is -2.06.